The summed E-state index contributed by atoms with van der Waals surface area (Å²) < 4.78 is 91.8. The van der Waals surface area contributed by atoms with Gasteiger partial charge in [0.15, 0.2) is 6.29 Å². The predicted octanol–water partition coefficient (Wildman–Crippen LogP) is 6.09. The van der Waals surface area contributed by atoms with Crippen molar-refractivity contribution in [1.82, 2.24) is 5.32 Å². The average molecular weight is 473 g/mol. The molecule has 2 aliphatic rings. The van der Waals surface area contributed by atoms with Gasteiger partial charge in [-0.2, -0.15) is 26.3 Å². The minimum absolute atomic E-state index is 0.123. The number of ether oxygens (including phenoxy) is 2. The van der Waals surface area contributed by atoms with Crippen LogP contribution in [0.2, 0.25) is 0 Å². The maximum Gasteiger partial charge on any atom is 0.416 e. The van der Waals surface area contributed by atoms with Gasteiger partial charge in [0.25, 0.3) is 0 Å². The molecule has 0 bridgehead atoms. The molecule has 4 rings (SSSR count). The Morgan fingerprint density at radius 2 is 1.61 bits per heavy atom. The van der Waals surface area contributed by atoms with Crippen molar-refractivity contribution >= 4 is 0 Å². The van der Waals surface area contributed by atoms with Crippen molar-refractivity contribution in [3.8, 4) is 0 Å². The number of rotatable bonds is 4. The van der Waals surface area contributed by atoms with Crippen LogP contribution in [0.4, 0.5) is 26.3 Å². The summed E-state index contributed by atoms with van der Waals surface area (Å²) in [7, 11) is 0. The molecule has 33 heavy (non-hydrogen) atoms. The lowest BCUT2D eigenvalue weighted by atomic mass is 9.76. The monoisotopic (exact) mass is 473 g/mol. The van der Waals surface area contributed by atoms with E-state index in [1.54, 1.807) is 0 Å². The summed E-state index contributed by atoms with van der Waals surface area (Å²) in [5.74, 6) is 0.245. The number of fused-ring (bicyclic) bond motifs is 1. The molecule has 2 aliphatic heterocycles. The van der Waals surface area contributed by atoms with Gasteiger partial charge in [-0.25, -0.2) is 0 Å². The van der Waals surface area contributed by atoms with Gasteiger partial charge in [0, 0.05) is 12.5 Å². The van der Waals surface area contributed by atoms with E-state index >= 15 is 0 Å². The Balaban J connectivity index is 1.67. The Morgan fingerprint density at radius 3 is 2.21 bits per heavy atom. The lowest BCUT2D eigenvalue weighted by Crippen LogP contribution is -2.42. The van der Waals surface area contributed by atoms with E-state index in [0.29, 0.717) is 18.7 Å². The second kappa shape index (κ2) is 8.92. The summed E-state index contributed by atoms with van der Waals surface area (Å²) in [6, 6.07) is 9.29. The average Bonchev–Trinajstić information content (AvgIpc) is 3.21. The summed E-state index contributed by atoms with van der Waals surface area (Å²) in [4.78, 5) is 0. The largest absolute Gasteiger partial charge is 0.416 e. The minimum Gasteiger partial charge on any atom is -0.352 e. The molecule has 0 aliphatic carbocycles. The van der Waals surface area contributed by atoms with Crippen LogP contribution in [-0.4, -0.2) is 26.0 Å². The fourth-order valence-corrected chi connectivity index (χ4v) is 4.84. The van der Waals surface area contributed by atoms with Crippen molar-refractivity contribution in [1.29, 1.82) is 0 Å². The number of aryl methyl sites for hydroxylation is 1. The molecule has 0 amide bonds. The van der Waals surface area contributed by atoms with Crippen LogP contribution < -0.4 is 5.32 Å². The molecule has 9 heteroatoms. The van der Waals surface area contributed by atoms with E-state index in [4.69, 9.17) is 9.47 Å². The zero-order valence-corrected chi connectivity index (χ0v) is 18.1. The number of hydrogen-bond acceptors (Lipinski definition) is 3. The molecular formula is C24H25F6NO2. The van der Waals surface area contributed by atoms with Gasteiger partial charge in [-0.1, -0.05) is 24.3 Å². The highest BCUT2D eigenvalue weighted by Gasteiger charge is 2.45. The highest BCUT2D eigenvalue weighted by molar-refractivity contribution is 5.35. The van der Waals surface area contributed by atoms with Gasteiger partial charge in [-0.15, -0.1) is 0 Å². The highest BCUT2D eigenvalue weighted by atomic mass is 19.4. The Kier molecular flexibility index (Phi) is 6.50. The molecule has 2 fully saturated rings. The number of hydrogen-bond donors (Lipinski definition) is 1. The van der Waals surface area contributed by atoms with Gasteiger partial charge in [-0.05, 0) is 67.1 Å². The van der Waals surface area contributed by atoms with Crippen LogP contribution in [0.15, 0.2) is 42.5 Å². The summed E-state index contributed by atoms with van der Waals surface area (Å²) in [6.07, 6.45) is -11.7. The smallest absolute Gasteiger partial charge is 0.352 e. The predicted molar refractivity (Wildman–Crippen MR) is 109 cm³/mol. The quantitative estimate of drug-likeness (QED) is 0.546. The van der Waals surface area contributed by atoms with Crippen LogP contribution in [0.25, 0.3) is 0 Å². The van der Waals surface area contributed by atoms with E-state index in [-0.39, 0.29) is 29.4 Å². The topological polar surface area (TPSA) is 30.5 Å². The molecule has 0 radical (unpaired) electrons. The lowest BCUT2D eigenvalue weighted by Gasteiger charge is -2.41. The van der Waals surface area contributed by atoms with Crippen molar-refractivity contribution < 1.29 is 35.8 Å². The number of nitrogens with one attached hydrogen (secondary N) is 1. The van der Waals surface area contributed by atoms with Crippen LogP contribution in [-0.2, 0) is 21.8 Å². The number of alkyl halides is 6. The molecular weight excluding hydrogens is 448 g/mol. The first-order valence-electron chi connectivity index (χ1n) is 10.8. The number of halogens is 6. The zero-order chi connectivity index (χ0) is 24.0. The Bertz CT molecular complexity index is 957. The van der Waals surface area contributed by atoms with Crippen molar-refractivity contribution in [2.45, 2.75) is 44.5 Å². The molecule has 2 aromatic carbocycles. The van der Waals surface area contributed by atoms with Crippen LogP contribution in [0, 0.1) is 18.8 Å². The van der Waals surface area contributed by atoms with E-state index in [1.165, 1.54) is 6.92 Å². The maximum atomic E-state index is 13.3. The second-order valence-corrected chi connectivity index (χ2v) is 8.78. The van der Waals surface area contributed by atoms with Crippen molar-refractivity contribution in [3.63, 3.8) is 0 Å². The van der Waals surface area contributed by atoms with E-state index in [2.05, 4.69) is 5.32 Å². The molecule has 2 heterocycles. The van der Waals surface area contributed by atoms with Gasteiger partial charge in [0.1, 0.15) is 0 Å². The molecule has 0 spiro atoms. The Morgan fingerprint density at radius 1 is 0.970 bits per heavy atom. The SMILES string of the molecule is Cc1ccccc1[C@@H]1[C@@H](O[C@H](C)c2cc(C(F)(F)F)cc(C(F)(F)F)c2)OC[C@@H]2CNC[C@H]21. The van der Waals surface area contributed by atoms with Gasteiger partial charge < -0.3 is 14.8 Å². The van der Waals surface area contributed by atoms with Gasteiger partial charge in [-0.3, -0.25) is 0 Å². The van der Waals surface area contributed by atoms with Crippen LogP contribution in [0.5, 0.6) is 0 Å². The standard InChI is InChI=1S/C24H25F6NO2/c1-13-5-3-4-6-19(13)21-20-11-31-10-16(20)12-32-22(21)33-14(2)15-7-17(23(25,26)27)9-18(8-15)24(28,29)30/h3-9,14,16,20-22,31H,10-12H2,1-2H3/t14-,16+,20-,21+,22-/m1/s1. The van der Waals surface area contributed by atoms with E-state index < -0.39 is 35.9 Å². The first-order valence-corrected chi connectivity index (χ1v) is 10.8. The first kappa shape index (κ1) is 24.0. The number of benzene rings is 2. The van der Waals surface area contributed by atoms with Crippen molar-refractivity contribution in [2.24, 2.45) is 11.8 Å². The van der Waals surface area contributed by atoms with E-state index in [0.717, 1.165) is 24.2 Å². The molecule has 0 aromatic heterocycles. The summed E-state index contributed by atoms with van der Waals surface area (Å²) in [6.45, 7) is 5.35. The summed E-state index contributed by atoms with van der Waals surface area (Å²) >= 11 is 0. The van der Waals surface area contributed by atoms with Crippen molar-refractivity contribution in [2.75, 3.05) is 19.7 Å². The molecule has 5 atom stereocenters. The Hall–Kier alpha value is -2.10. The third kappa shape index (κ3) is 5.05. The summed E-state index contributed by atoms with van der Waals surface area (Å²) in [5, 5.41) is 3.35. The van der Waals surface area contributed by atoms with Gasteiger partial charge >= 0.3 is 12.4 Å². The van der Waals surface area contributed by atoms with Gasteiger partial charge in [0.2, 0.25) is 0 Å². The van der Waals surface area contributed by atoms with E-state index in [1.807, 2.05) is 31.2 Å². The normalized spacial score (nSPS) is 26.8. The Labute approximate surface area is 188 Å². The van der Waals surface area contributed by atoms with Crippen LogP contribution in [0.3, 0.4) is 0 Å². The molecule has 2 aromatic rings. The van der Waals surface area contributed by atoms with E-state index in [9.17, 15) is 26.3 Å². The fourth-order valence-electron chi connectivity index (χ4n) is 4.84. The fraction of sp³-hybridized carbons (Fsp3) is 0.500. The second-order valence-electron chi connectivity index (χ2n) is 8.78. The third-order valence-corrected chi connectivity index (χ3v) is 6.59. The third-order valence-electron chi connectivity index (χ3n) is 6.59. The van der Waals surface area contributed by atoms with Gasteiger partial charge in [0.05, 0.1) is 23.8 Å². The molecule has 2 saturated heterocycles. The minimum atomic E-state index is -4.91. The molecule has 1 N–H and O–H groups in total. The summed E-state index contributed by atoms with van der Waals surface area (Å²) in [5.41, 5.74) is -0.881. The highest BCUT2D eigenvalue weighted by Crippen LogP contribution is 2.44. The first-order chi connectivity index (χ1) is 15.4. The molecule has 3 nitrogen and oxygen atoms in total. The van der Waals surface area contributed by atoms with Crippen LogP contribution >= 0.6 is 0 Å². The van der Waals surface area contributed by atoms with Crippen LogP contribution in [0.1, 0.15) is 46.8 Å². The molecule has 0 unspecified atom stereocenters. The van der Waals surface area contributed by atoms with Crippen molar-refractivity contribution in [3.05, 3.63) is 70.3 Å². The zero-order valence-electron chi connectivity index (χ0n) is 18.1. The molecule has 0 saturated carbocycles. The maximum absolute atomic E-state index is 13.3. The lowest BCUT2D eigenvalue weighted by molar-refractivity contribution is -0.217. The molecule has 180 valence electrons.